The Morgan fingerprint density at radius 3 is 2.43 bits per heavy atom. The number of rotatable bonds is 6. The molecule has 21 heavy (non-hydrogen) atoms. The van der Waals surface area contributed by atoms with Crippen LogP contribution >= 0.6 is 15.9 Å². The average Bonchev–Trinajstić information content (AvgIpc) is 2.93. The summed E-state index contributed by atoms with van der Waals surface area (Å²) in [6.07, 6.45) is 8.05. The van der Waals surface area contributed by atoms with Crippen molar-refractivity contribution in [2.75, 3.05) is 25.0 Å². The predicted molar refractivity (Wildman–Crippen MR) is 89.7 cm³/mol. The molecule has 122 valence electrons. The number of amides is 1. The van der Waals surface area contributed by atoms with Crippen molar-refractivity contribution < 1.29 is 9.53 Å². The van der Waals surface area contributed by atoms with E-state index in [9.17, 15) is 4.79 Å². The van der Waals surface area contributed by atoms with E-state index in [1.807, 2.05) is 0 Å². The molecule has 1 saturated heterocycles. The third-order valence-electron chi connectivity index (χ3n) is 4.97. The Labute approximate surface area is 137 Å². The standard InChI is InChI=1S/C17H30BrNO2/c1-14(2)13-17(7-3-4-8-17)16(20)19-10-5-15(6-11-19)21-12-9-18/h14-15H,3-13H2,1-2H3. The number of carbonyl (C=O) groups is 1. The first kappa shape index (κ1) is 17.3. The molecule has 0 N–H and O–H groups in total. The molecule has 1 saturated carbocycles. The van der Waals surface area contributed by atoms with E-state index in [-0.39, 0.29) is 5.41 Å². The Morgan fingerprint density at radius 2 is 1.90 bits per heavy atom. The summed E-state index contributed by atoms with van der Waals surface area (Å²) in [4.78, 5) is 15.2. The van der Waals surface area contributed by atoms with Gasteiger partial charge in [-0.1, -0.05) is 42.6 Å². The number of halogens is 1. The number of hydrogen-bond donors (Lipinski definition) is 0. The first-order valence-corrected chi connectivity index (χ1v) is 9.66. The van der Waals surface area contributed by atoms with Crippen molar-refractivity contribution in [2.45, 2.75) is 64.9 Å². The van der Waals surface area contributed by atoms with E-state index < -0.39 is 0 Å². The van der Waals surface area contributed by atoms with Crippen LogP contribution < -0.4 is 0 Å². The summed E-state index contributed by atoms with van der Waals surface area (Å²) in [5.41, 5.74) is -0.0439. The normalized spacial score (nSPS) is 23.0. The third kappa shape index (κ3) is 4.44. The van der Waals surface area contributed by atoms with Crippen LogP contribution in [0.15, 0.2) is 0 Å². The minimum Gasteiger partial charge on any atom is -0.377 e. The van der Waals surface area contributed by atoms with Gasteiger partial charge in [0.05, 0.1) is 12.7 Å². The highest BCUT2D eigenvalue weighted by molar-refractivity contribution is 9.09. The predicted octanol–water partition coefficient (Wildman–Crippen LogP) is 4.00. The molecule has 3 nitrogen and oxygen atoms in total. The van der Waals surface area contributed by atoms with E-state index in [1.54, 1.807) is 0 Å². The Hall–Kier alpha value is -0.0900. The number of hydrogen-bond acceptors (Lipinski definition) is 2. The van der Waals surface area contributed by atoms with Gasteiger partial charge >= 0.3 is 0 Å². The van der Waals surface area contributed by atoms with Gasteiger partial charge in [0.2, 0.25) is 5.91 Å². The van der Waals surface area contributed by atoms with Gasteiger partial charge in [-0.2, -0.15) is 0 Å². The minimum absolute atomic E-state index is 0.0439. The van der Waals surface area contributed by atoms with Crippen LogP contribution in [-0.2, 0) is 9.53 Å². The second-order valence-corrected chi connectivity index (χ2v) is 7.93. The second kappa shape index (κ2) is 7.96. The lowest BCUT2D eigenvalue weighted by molar-refractivity contribution is -0.145. The fourth-order valence-electron chi connectivity index (χ4n) is 4.11. The van der Waals surface area contributed by atoms with Crippen molar-refractivity contribution in [2.24, 2.45) is 11.3 Å². The highest BCUT2D eigenvalue weighted by Gasteiger charge is 2.44. The third-order valence-corrected chi connectivity index (χ3v) is 5.30. The van der Waals surface area contributed by atoms with E-state index in [0.29, 0.717) is 17.9 Å². The molecule has 2 aliphatic rings. The lowest BCUT2D eigenvalue weighted by Gasteiger charge is -2.39. The molecule has 0 unspecified atom stereocenters. The van der Waals surface area contributed by atoms with Gasteiger partial charge in [-0.15, -0.1) is 0 Å². The van der Waals surface area contributed by atoms with Gasteiger partial charge in [0.15, 0.2) is 0 Å². The van der Waals surface area contributed by atoms with Crippen LogP contribution in [0.25, 0.3) is 0 Å². The summed E-state index contributed by atoms with van der Waals surface area (Å²) in [6, 6.07) is 0. The van der Waals surface area contributed by atoms with E-state index in [2.05, 4.69) is 34.7 Å². The lowest BCUT2D eigenvalue weighted by atomic mass is 9.77. The highest BCUT2D eigenvalue weighted by atomic mass is 79.9. The average molecular weight is 360 g/mol. The summed E-state index contributed by atoms with van der Waals surface area (Å²) in [5, 5.41) is 0.893. The topological polar surface area (TPSA) is 29.5 Å². The number of carbonyl (C=O) groups excluding carboxylic acids is 1. The fourth-order valence-corrected chi connectivity index (χ4v) is 4.30. The van der Waals surface area contributed by atoms with Crippen molar-refractivity contribution in [3.8, 4) is 0 Å². The van der Waals surface area contributed by atoms with Crippen LogP contribution in [0.1, 0.15) is 58.8 Å². The van der Waals surface area contributed by atoms with Gasteiger partial charge < -0.3 is 9.64 Å². The molecule has 0 atom stereocenters. The largest absolute Gasteiger partial charge is 0.377 e. The van der Waals surface area contributed by atoms with E-state index in [4.69, 9.17) is 4.74 Å². The second-order valence-electron chi connectivity index (χ2n) is 7.14. The van der Waals surface area contributed by atoms with E-state index in [0.717, 1.165) is 57.1 Å². The fraction of sp³-hybridized carbons (Fsp3) is 0.941. The zero-order valence-electron chi connectivity index (χ0n) is 13.6. The Balaban J connectivity index is 1.90. The van der Waals surface area contributed by atoms with Crippen LogP contribution in [0.3, 0.4) is 0 Å². The minimum atomic E-state index is -0.0439. The smallest absolute Gasteiger partial charge is 0.228 e. The van der Waals surface area contributed by atoms with Gasteiger partial charge in [-0.3, -0.25) is 4.79 Å². The molecule has 1 amide bonds. The summed E-state index contributed by atoms with van der Waals surface area (Å²) in [7, 11) is 0. The molecule has 0 radical (unpaired) electrons. The first-order valence-electron chi connectivity index (χ1n) is 8.54. The summed E-state index contributed by atoms with van der Waals surface area (Å²) < 4.78 is 5.79. The van der Waals surface area contributed by atoms with Gasteiger partial charge in [0.25, 0.3) is 0 Å². The van der Waals surface area contributed by atoms with Crippen LogP contribution in [0.5, 0.6) is 0 Å². The molecule has 0 aromatic heterocycles. The molecule has 2 rings (SSSR count). The zero-order valence-corrected chi connectivity index (χ0v) is 15.2. The monoisotopic (exact) mass is 359 g/mol. The Morgan fingerprint density at radius 1 is 1.29 bits per heavy atom. The highest BCUT2D eigenvalue weighted by Crippen LogP contribution is 2.45. The number of alkyl halides is 1. The van der Waals surface area contributed by atoms with Crippen molar-refractivity contribution >= 4 is 21.8 Å². The molecule has 0 bridgehead atoms. The van der Waals surface area contributed by atoms with Gasteiger partial charge in [-0.05, 0) is 38.0 Å². The summed E-state index contributed by atoms with van der Waals surface area (Å²) in [6.45, 7) is 7.02. The molecule has 0 spiro atoms. The van der Waals surface area contributed by atoms with E-state index in [1.165, 1.54) is 12.8 Å². The number of nitrogens with zero attached hydrogens (tertiary/aromatic N) is 1. The quantitative estimate of drug-likeness (QED) is 0.670. The van der Waals surface area contributed by atoms with Gasteiger partial charge in [0, 0.05) is 23.8 Å². The Bertz CT molecular complexity index is 332. The summed E-state index contributed by atoms with van der Waals surface area (Å²) in [5.74, 6) is 1.04. The molecule has 1 heterocycles. The van der Waals surface area contributed by atoms with Crippen LogP contribution in [-0.4, -0.2) is 41.9 Å². The lowest BCUT2D eigenvalue weighted by Crippen LogP contribution is -2.48. The SMILES string of the molecule is CC(C)CC1(C(=O)N2CCC(OCCBr)CC2)CCCC1. The zero-order chi connectivity index (χ0) is 15.3. The van der Waals surface area contributed by atoms with Crippen molar-refractivity contribution in [3.05, 3.63) is 0 Å². The Kier molecular flexibility index (Phi) is 6.54. The molecule has 4 heteroatoms. The molecular weight excluding hydrogens is 330 g/mol. The molecule has 0 aromatic rings. The van der Waals surface area contributed by atoms with Crippen molar-refractivity contribution in [3.63, 3.8) is 0 Å². The number of likely N-dealkylation sites (tertiary alicyclic amines) is 1. The maximum atomic E-state index is 13.1. The summed E-state index contributed by atoms with van der Waals surface area (Å²) >= 11 is 3.40. The van der Waals surface area contributed by atoms with Gasteiger partial charge in [0.1, 0.15) is 0 Å². The first-order chi connectivity index (χ1) is 10.1. The molecule has 0 aromatic carbocycles. The van der Waals surface area contributed by atoms with Crippen molar-refractivity contribution in [1.29, 1.82) is 0 Å². The van der Waals surface area contributed by atoms with Crippen molar-refractivity contribution in [1.82, 2.24) is 4.90 Å². The van der Waals surface area contributed by atoms with Crippen LogP contribution in [0.2, 0.25) is 0 Å². The maximum absolute atomic E-state index is 13.1. The molecular formula is C17H30BrNO2. The number of ether oxygens (including phenoxy) is 1. The van der Waals surface area contributed by atoms with E-state index >= 15 is 0 Å². The molecule has 1 aliphatic heterocycles. The maximum Gasteiger partial charge on any atom is 0.228 e. The molecule has 1 aliphatic carbocycles. The number of piperidine rings is 1. The van der Waals surface area contributed by atoms with Crippen LogP contribution in [0.4, 0.5) is 0 Å². The van der Waals surface area contributed by atoms with Crippen LogP contribution in [0, 0.1) is 11.3 Å². The van der Waals surface area contributed by atoms with Gasteiger partial charge in [-0.25, -0.2) is 0 Å². The molecule has 2 fully saturated rings.